The third-order valence-corrected chi connectivity index (χ3v) is 0.579. The number of ether oxygens (including phenoxy) is 2. The van der Waals surface area contributed by atoms with Gasteiger partial charge in [0.1, 0.15) is 0 Å². The number of halogens is 1. The second kappa shape index (κ2) is 4.14. The standard InChI is InChI=1S/C4H5ClO4/c1-8-4(7)9-2-3(5)6/h2H2,1H3. The zero-order valence-corrected chi connectivity index (χ0v) is 5.47. The number of hydrogen-bond acceptors (Lipinski definition) is 4. The van der Waals surface area contributed by atoms with Gasteiger partial charge in [-0.05, 0) is 11.6 Å². The predicted octanol–water partition coefficient (Wildman–Crippen LogP) is 0.535. The van der Waals surface area contributed by atoms with Crippen LogP contribution in [-0.4, -0.2) is 25.1 Å². The number of hydrogen-bond donors (Lipinski definition) is 0. The Kier molecular flexibility index (Phi) is 3.79. The first-order valence-electron chi connectivity index (χ1n) is 2.06. The van der Waals surface area contributed by atoms with Crippen LogP contribution in [0, 0.1) is 0 Å². The van der Waals surface area contributed by atoms with E-state index in [0.29, 0.717) is 0 Å². The molecule has 0 spiro atoms. The maximum atomic E-state index is 10.1. The first-order valence-corrected chi connectivity index (χ1v) is 2.43. The van der Waals surface area contributed by atoms with Crippen LogP contribution in [0.5, 0.6) is 0 Å². The SMILES string of the molecule is COC(=O)OCC(=O)Cl. The van der Waals surface area contributed by atoms with E-state index in [0.717, 1.165) is 7.11 Å². The molecule has 0 aromatic rings. The van der Waals surface area contributed by atoms with Crippen molar-refractivity contribution in [2.75, 3.05) is 13.7 Å². The van der Waals surface area contributed by atoms with E-state index in [1.165, 1.54) is 0 Å². The van der Waals surface area contributed by atoms with E-state index in [-0.39, 0.29) is 0 Å². The van der Waals surface area contributed by atoms with Gasteiger partial charge >= 0.3 is 6.16 Å². The van der Waals surface area contributed by atoms with Crippen molar-refractivity contribution in [2.45, 2.75) is 0 Å². The minimum atomic E-state index is -0.913. The van der Waals surface area contributed by atoms with Crippen molar-refractivity contribution in [3.8, 4) is 0 Å². The molecule has 0 aliphatic rings. The molecule has 52 valence electrons. The molecule has 9 heavy (non-hydrogen) atoms. The number of carbonyl (C=O) groups is 2. The Bertz CT molecular complexity index is 122. The molecule has 5 heteroatoms. The van der Waals surface area contributed by atoms with Crippen LogP contribution in [0.2, 0.25) is 0 Å². The lowest BCUT2D eigenvalue weighted by Crippen LogP contribution is -2.09. The number of rotatable bonds is 2. The van der Waals surface area contributed by atoms with E-state index in [1.54, 1.807) is 0 Å². The molecular weight excluding hydrogens is 147 g/mol. The largest absolute Gasteiger partial charge is 0.508 e. The molecule has 0 aliphatic carbocycles. The Morgan fingerprint density at radius 1 is 1.56 bits per heavy atom. The Balaban J connectivity index is 3.28. The molecule has 0 fully saturated rings. The summed E-state index contributed by atoms with van der Waals surface area (Å²) >= 11 is 4.81. The highest BCUT2D eigenvalue weighted by molar-refractivity contribution is 6.63. The van der Waals surface area contributed by atoms with Gasteiger partial charge in [0.25, 0.3) is 5.24 Å². The maximum Gasteiger partial charge on any atom is 0.508 e. The Morgan fingerprint density at radius 2 is 2.11 bits per heavy atom. The smallest absolute Gasteiger partial charge is 0.438 e. The summed E-state index contributed by atoms with van der Waals surface area (Å²) in [7, 11) is 1.14. The third-order valence-electron chi connectivity index (χ3n) is 0.470. The summed E-state index contributed by atoms with van der Waals surface area (Å²) in [4.78, 5) is 20.0. The maximum absolute atomic E-state index is 10.1. The second-order valence-corrected chi connectivity index (χ2v) is 1.52. The van der Waals surface area contributed by atoms with E-state index in [2.05, 4.69) is 9.47 Å². The second-order valence-electron chi connectivity index (χ2n) is 1.10. The van der Waals surface area contributed by atoms with E-state index < -0.39 is 18.0 Å². The fourth-order valence-electron chi connectivity index (χ4n) is 0.175. The van der Waals surface area contributed by atoms with Crippen molar-refractivity contribution in [2.24, 2.45) is 0 Å². The number of carbonyl (C=O) groups excluding carboxylic acids is 2. The minimum absolute atomic E-state index is 0.450. The van der Waals surface area contributed by atoms with Crippen LogP contribution in [0.15, 0.2) is 0 Å². The quantitative estimate of drug-likeness (QED) is 0.428. The normalized spacial score (nSPS) is 8.22. The fourth-order valence-corrected chi connectivity index (χ4v) is 0.229. The molecule has 0 aliphatic heterocycles. The molecule has 0 heterocycles. The topological polar surface area (TPSA) is 52.6 Å². The van der Waals surface area contributed by atoms with Crippen molar-refractivity contribution >= 4 is 23.0 Å². The molecular formula is C4H5ClO4. The molecule has 0 atom stereocenters. The highest BCUT2D eigenvalue weighted by Crippen LogP contribution is 1.85. The average Bonchev–Trinajstić information content (AvgIpc) is 1.83. The summed E-state index contributed by atoms with van der Waals surface area (Å²) in [6, 6.07) is 0. The molecule has 0 saturated heterocycles. The monoisotopic (exact) mass is 152 g/mol. The van der Waals surface area contributed by atoms with E-state index in [1.807, 2.05) is 0 Å². The van der Waals surface area contributed by atoms with Gasteiger partial charge in [0.2, 0.25) is 0 Å². The highest BCUT2D eigenvalue weighted by atomic mass is 35.5. The van der Waals surface area contributed by atoms with Crippen LogP contribution in [0.25, 0.3) is 0 Å². The first kappa shape index (κ1) is 8.23. The van der Waals surface area contributed by atoms with Gasteiger partial charge in [-0.15, -0.1) is 0 Å². The van der Waals surface area contributed by atoms with Crippen molar-refractivity contribution in [1.29, 1.82) is 0 Å². The summed E-state index contributed by atoms with van der Waals surface area (Å²) in [5, 5.41) is -0.736. The van der Waals surface area contributed by atoms with Crippen LogP contribution < -0.4 is 0 Å². The third kappa shape index (κ3) is 5.10. The van der Waals surface area contributed by atoms with Gasteiger partial charge in [-0.1, -0.05) is 0 Å². The zero-order valence-electron chi connectivity index (χ0n) is 4.72. The van der Waals surface area contributed by atoms with Gasteiger partial charge in [0, 0.05) is 0 Å². The lowest BCUT2D eigenvalue weighted by atomic mass is 10.8. The Hall–Kier alpha value is -0.770. The van der Waals surface area contributed by atoms with Gasteiger partial charge in [-0.2, -0.15) is 0 Å². The van der Waals surface area contributed by atoms with Crippen LogP contribution >= 0.6 is 11.6 Å². The minimum Gasteiger partial charge on any atom is -0.438 e. The lowest BCUT2D eigenvalue weighted by molar-refractivity contribution is -0.114. The molecule has 0 bridgehead atoms. The zero-order chi connectivity index (χ0) is 7.28. The summed E-state index contributed by atoms with van der Waals surface area (Å²) in [5.74, 6) is 0. The van der Waals surface area contributed by atoms with E-state index >= 15 is 0 Å². The van der Waals surface area contributed by atoms with E-state index in [9.17, 15) is 9.59 Å². The average molecular weight is 153 g/mol. The van der Waals surface area contributed by atoms with Crippen molar-refractivity contribution in [1.82, 2.24) is 0 Å². The molecule has 0 aromatic heterocycles. The van der Waals surface area contributed by atoms with Crippen LogP contribution in [-0.2, 0) is 14.3 Å². The van der Waals surface area contributed by atoms with Crippen molar-refractivity contribution < 1.29 is 19.1 Å². The first-order chi connectivity index (χ1) is 4.16. The van der Waals surface area contributed by atoms with Gasteiger partial charge in [0.15, 0.2) is 6.61 Å². The molecule has 0 unspecified atom stereocenters. The van der Waals surface area contributed by atoms with Crippen molar-refractivity contribution in [3.63, 3.8) is 0 Å². The molecule has 0 N–H and O–H groups in total. The Labute approximate surface area is 56.7 Å². The van der Waals surface area contributed by atoms with Gasteiger partial charge in [-0.3, -0.25) is 4.79 Å². The van der Waals surface area contributed by atoms with Gasteiger partial charge in [0.05, 0.1) is 7.11 Å². The highest BCUT2D eigenvalue weighted by Gasteiger charge is 2.02. The molecule has 0 rings (SSSR count). The fraction of sp³-hybridized carbons (Fsp3) is 0.500. The summed E-state index contributed by atoms with van der Waals surface area (Å²) in [5.41, 5.74) is 0. The van der Waals surface area contributed by atoms with Crippen LogP contribution in [0.1, 0.15) is 0 Å². The number of methoxy groups -OCH3 is 1. The summed E-state index contributed by atoms with van der Waals surface area (Å²) in [6.07, 6.45) is -0.913. The molecule has 0 radical (unpaired) electrons. The van der Waals surface area contributed by atoms with E-state index in [4.69, 9.17) is 11.6 Å². The molecule has 0 saturated carbocycles. The molecule has 0 aromatic carbocycles. The lowest BCUT2D eigenvalue weighted by Gasteiger charge is -1.96. The van der Waals surface area contributed by atoms with Crippen molar-refractivity contribution in [3.05, 3.63) is 0 Å². The molecule has 0 amide bonds. The van der Waals surface area contributed by atoms with Gasteiger partial charge in [-0.25, -0.2) is 4.79 Å². The summed E-state index contributed by atoms with van der Waals surface area (Å²) < 4.78 is 8.14. The Morgan fingerprint density at radius 3 is 2.44 bits per heavy atom. The van der Waals surface area contributed by atoms with Gasteiger partial charge < -0.3 is 9.47 Å². The summed E-state index contributed by atoms with van der Waals surface area (Å²) in [6.45, 7) is -0.450. The predicted molar refractivity (Wildman–Crippen MR) is 29.2 cm³/mol. The molecule has 4 nitrogen and oxygen atoms in total. The van der Waals surface area contributed by atoms with Crippen LogP contribution in [0.3, 0.4) is 0 Å². The van der Waals surface area contributed by atoms with Crippen LogP contribution in [0.4, 0.5) is 4.79 Å².